The third kappa shape index (κ3) is 5.21. The first-order valence-corrected chi connectivity index (χ1v) is 11.8. The van der Waals surface area contributed by atoms with Gasteiger partial charge < -0.3 is 15.5 Å². The zero-order valence-electron chi connectivity index (χ0n) is 18.7. The van der Waals surface area contributed by atoms with Crippen LogP contribution in [0, 0.1) is 5.92 Å². The second-order valence-corrected chi connectivity index (χ2v) is 10.2. The molecule has 0 atom stereocenters. The first-order chi connectivity index (χ1) is 16.0. The molecule has 4 rings (SSSR count). The molecule has 1 saturated carbocycles. The number of rotatable bonds is 5. The van der Waals surface area contributed by atoms with Crippen LogP contribution in [0.4, 0.5) is 18.9 Å². The number of hydrogen-bond acceptors (Lipinski definition) is 7. The summed E-state index contributed by atoms with van der Waals surface area (Å²) in [5.74, 6) is -0.105. The summed E-state index contributed by atoms with van der Waals surface area (Å²) in [4.78, 5) is 24.3. The number of nitrogens with zero attached hydrogens (tertiary/aromatic N) is 3. The molecule has 34 heavy (non-hydrogen) atoms. The molecule has 2 aromatic heterocycles. The van der Waals surface area contributed by atoms with Gasteiger partial charge in [0.05, 0.1) is 33.2 Å². The van der Waals surface area contributed by atoms with E-state index in [1.807, 2.05) is 0 Å². The molecule has 0 aliphatic heterocycles. The summed E-state index contributed by atoms with van der Waals surface area (Å²) in [5.41, 5.74) is -1.33. The van der Waals surface area contributed by atoms with Crippen LogP contribution in [0.15, 0.2) is 24.5 Å². The van der Waals surface area contributed by atoms with E-state index < -0.39 is 23.4 Å². The van der Waals surface area contributed by atoms with Crippen molar-refractivity contribution in [1.82, 2.24) is 15.0 Å². The van der Waals surface area contributed by atoms with E-state index in [9.17, 15) is 28.2 Å². The lowest BCUT2D eigenvalue weighted by Crippen LogP contribution is -2.22. The Morgan fingerprint density at radius 3 is 2.41 bits per heavy atom. The van der Waals surface area contributed by atoms with Crippen LogP contribution in [0.1, 0.15) is 72.2 Å². The molecule has 2 heterocycles. The maximum atomic E-state index is 12.7. The lowest BCUT2D eigenvalue weighted by Gasteiger charge is -2.25. The van der Waals surface area contributed by atoms with Crippen molar-refractivity contribution in [2.45, 2.75) is 57.2 Å². The van der Waals surface area contributed by atoms with Crippen molar-refractivity contribution in [2.75, 3.05) is 11.9 Å². The molecule has 0 saturated heterocycles. The highest BCUT2D eigenvalue weighted by atomic mass is 32.1. The molecule has 182 valence electrons. The monoisotopic (exact) mass is 494 g/mol. The third-order valence-corrected chi connectivity index (χ3v) is 7.26. The number of aromatic nitrogens is 3. The molecule has 1 amide bonds. The average Bonchev–Trinajstić information content (AvgIpc) is 3.20. The molecule has 0 spiro atoms. The van der Waals surface area contributed by atoms with Crippen LogP contribution in [0.25, 0.3) is 10.2 Å². The maximum Gasteiger partial charge on any atom is 0.434 e. The number of halogens is 3. The zero-order valence-corrected chi connectivity index (χ0v) is 19.5. The summed E-state index contributed by atoms with van der Waals surface area (Å²) < 4.78 is 39.0. The summed E-state index contributed by atoms with van der Waals surface area (Å²) >= 11 is 1.51. The van der Waals surface area contributed by atoms with Gasteiger partial charge in [-0.25, -0.2) is 15.0 Å². The van der Waals surface area contributed by atoms with E-state index in [1.54, 1.807) is 26.0 Å². The lowest BCUT2D eigenvalue weighted by atomic mass is 9.83. The number of benzene rings is 1. The summed E-state index contributed by atoms with van der Waals surface area (Å²) in [5, 5.41) is 23.7. The Kier molecular flexibility index (Phi) is 6.63. The highest BCUT2D eigenvalue weighted by Crippen LogP contribution is 2.41. The molecule has 1 aliphatic rings. The van der Waals surface area contributed by atoms with Crippen LogP contribution in [0.3, 0.4) is 0 Å². The van der Waals surface area contributed by atoms with Crippen molar-refractivity contribution >= 4 is 33.1 Å². The summed E-state index contributed by atoms with van der Waals surface area (Å²) in [7, 11) is 0. The minimum atomic E-state index is -4.65. The van der Waals surface area contributed by atoms with Crippen molar-refractivity contribution in [2.24, 2.45) is 5.92 Å². The Morgan fingerprint density at radius 2 is 1.85 bits per heavy atom. The largest absolute Gasteiger partial charge is 0.434 e. The second-order valence-electron chi connectivity index (χ2n) is 9.12. The van der Waals surface area contributed by atoms with Crippen molar-refractivity contribution in [1.29, 1.82) is 0 Å². The molecular weight excluding hydrogens is 469 g/mol. The van der Waals surface area contributed by atoms with E-state index in [1.165, 1.54) is 11.3 Å². The van der Waals surface area contributed by atoms with Crippen molar-refractivity contribution in [3.63, 3.8) is 0 Å². The molecule has 0 bridgehead atoms. The molecule has 1 aromatic carbocycles. The summed E-state index contributed by atoms with van der Waals surface area (Å²) in [6.45, 7) is 3.35. The number of amides is 1. The fourth-order valence-electron chi connectivity index (χ4n) is 4.15. The van der Waals surface area contributed by atoms with Crippen LogP contribution >= 0.6 is 11.3 Å². The second kappa shape index (κ2) is 9.20. The van der Waals surface area contributed by atoms with Crippen LogP contribution in [-0.2, 0) is 11.8 Å². The van der Waals surface area contributed by atoms with Gasteiger partial charge >= 0.3 is 6.18 Å². The van der Waals surface area contributed by atoms with Gasteiger partial charge in [0.15, 0.2) is 5.69 Å². The predicted octanol–water partition coefficient (Wildman–Crippen LogP) is 4.85. The van der Waals surface area contributed by atoms with E-state index in [4.69, 9.17) is 4.98 Å². The Labute approximate surface area is 198 Å². The fourth-order valence-corrected chi connectivity index (χ4v) is 5.30. The standard InChI is InChI=1S/C23H25F3N4O3S/c1-22(2,33)14-7-16-18(34-21(30-16)13-5-3-12(11-31)4-6-13)8-15(14)29-20(32)17-9-28-19(10-27-17)23(24,25)26/h7-10,12-13,31,33H,3-6,11H2,1-2H3,(H,29,32)/t12-,13-. The van der Waals surface area contributed by atoms with Gasteiger partial charge in [-0.3, -0.25) is 4.79 Å². The molecule has 7 nitrogen and oxygen atoms in total. The van der Waals surface area contributed by atoms with Crippen LogP contribution in [-0.4, -0.2) is 37.7 Å². The molecule has 0 unspecified atom stereocenters. The first kappa shape index (κ1) is 24.5. The molecule has 3 aromatic rings. The lowest BCUT2D eigenvalue weighted by molar-refractivity contribution is -0.141. The topological polar surface area (TPSA) is 108 Å². The molecule has 1 fully saturated rings. The first-order valence-electron chi connectivity index (χ1n) is 10.9. The van der Waals surface area contributed by atoms with Gasteiger partial charge in [-0.2, -0.15) is 13.2 Å². The number of nitrogens with one attached hydrogen (secondary N) is 1. The number of anilines is 1. The van der Waals surface area contributed by atoms with Gasteiger partial charge in [0.1, 0.15) is 5.69 Å². The van der Waals surface area contributed by atoms with Crippen LogP contribution in [0.5, 0.6) is 0 Å². The molecule has 0 radical (unpaired) electrons. The molecule has 11 heteroatoms. The number of alkyl halides is 3. The zero-order chi connectivity index (χ0) is 24.7. The summed E-state index contributed by atoms with van der Waals surface area (Å²) in [6.07, 6.45) is 0.411. The number of thiazole rings is 1. The average molecular weight is 495 g/mol. The Bertz CT molecular complexity index is 1180. The number of fused-ring (bicyclic) bond motifs is 1. The quantitative estimate of drug-likeness (QED) is 0.468. The number of hydrogen-bond donors (Lipinski definition) is 3. The predicted molar refractivity (Wildman–Crippen MR) is 122 cm³/mol. The van der Waals surface area contributed by atoms with Gasteiger partial charge in [-0.15, -0.1) is 11.3 Å². The van der Waals surface area contributed by atoms with E-state index >= 15 is 0 Å². The van der Waals surface area contributed by atoms with Crippen LogP contribution < -0.4 is 5.32 Å². The van der Waals surface area contributed by atoms with Crippen LogP contribution in [0.2, 0.25) is 0 Å². The van der Waals surface area contributed by atoms with Crippen molar-refractivity contribution in [3.05, 3.63) is 46.5 Å². The van der Waals surface area contributed by atoms with Gasteiger partial charge in [0, 0.05) is 23.8 Å². The highest BCUT2D eigenvalue weighted by molar-refractivity contribution is 7.18. The Morgan fingerprint density at radius 1 is 1.15 bits per heavy atom. The number of carbonyl (C=O) groups excluding carboxylic acids is 1. The van der Waals surface area contributed by atoms with Crippen molar-refractivity contribution < 1.29 is 28.2 Å². The Hall–Kier alpha value is -2.63. The van der Waals surface area contributed by atoms with E-state index in [0.29, 0.717) is 34.8 Å². The summed E-state index contributed by atoms with van der Waals surface area (Å²) in [6, 6.07) is 3.45. The number of carbonyl (C=O) groups is 1. The normalized spacial score (nSPS) is 19.4. The molecule has 3 N–H and O–H groups in total. The minimum absolute atomic E-state index is 0.202. The number of aliphatic hydroxyl groups excluding tert-OH is 1. The van der Waals surface area contributed by atoms with E-state index in [2.05, 4.69) is 15.3 Å². The fraction of sp³-hybridized carbons (Fsp3) is 0.478. The van der Waals surface area contributed by atoms with Gasteiger partial charge in [-0.05, 0) is 57.6 Å². The number of aliphatic hydroxyl groups is 2. The smallest absolute Gasteiger partial charge is 0.396 e. The SMILES string of the molecule is CC(C)(O)c1cc2nc([C@H]3CC[C@H](CO)CC3)sc2cc1NC(=O)c1cnc(C(F)(F)F)cn1. The van der Waals surface area contributed by atoms with Gasteiger partial charge in [0.2, 0.25) is 0 Å². The highest BCUT2D eigenvalue weighted by Gasteiger charge is 2.33. The minimum Gasteiger partial charge on any atom is -0.396 e. The van der Waals surface area contributed by atoms with E-state index in [0.717, 1.165) is 41.6 Å². The van der Waals surface area contributed by atoms with E-state index in [-0.39, 0.29) is 12.3 Å². The Balaban J connectivity index is 1.62. The molecular formula is C23H25F3N4O3S. The maximum absolute atomic E-state index is 12.7. The molecule has 1 aliphatic carbocycles. The third-order valence-electron chi connectivity index (χ3n) is 6.08. The van der Waals surface area contributed by atoms with Gasteiger partial charge in [0.25, 0.3) is 5.91 Å². The van der Waals surface area contributed by atoms with Crippen molar-refractivity contribution in [3.8, 4) is 0 Å². The van der Waals surface area contributed by atoms with Gasteiger partial charge in [-0.1, -0.05) is 0 Å².